The summed E-state index contributed by atoms with van der Waals surface area (Å²) in [5.41, 5.74) is 0.657. The van der Waals surface area contributed by atoms with Crippen LogP contribution in [0.5, 0.6) is 11.5 Å². The van der Waals surface area contributed by atoms with E-state index in [0.29, 0.717) is 5.56 Å². The number of carbonyl (C=O) groups is 1. The van der Waals surface area contributed by atoms with Gasteiger partial charge in [0.2, 0.25) is 5.91 Å². The van der Waals surface area contributed by atoms with E-state index in [0.717, 1.165) is 30.7 Å². The molecule has 0 radical (unpaired) electrons. The minimum absolute atomic E-state index is 0.0254. The van der Waals surface area contributed by atoms with Crippen molar-refractivity contribution in [2.24, 2.45) is 0 Å². The number of nitrogens with zero attached hydrogens (tertiary/aromatic N) is 1. The second-order valence-corrected chi connectivity index (χ2v) is 8.23. The highest BCUT2D eigenvalue weighted by atomic mass is 32.2. The lowest BCUT2D eigenvalue weighted by Gasteiger charge is -2.28. The number of benzene rings is 2. The SMILES string of the molecule is CCC(C)N(Cc1ccc(OC)c(OS(=O)(=O)c2ccc(F)cc2)c1)C(=O)COC. The molecular weight excluding hydrogens is 413 g/mol. The Morgan fingerprint density at radius 1 is 1.10 bits per heavy atom. The Kier molecular flexibility index (Phi) is 8.19. The standard InChI is InChI=1S/C21H26FNO6S/c1-5-15(2)23(21(24)14-27-3)13-16-6-11-19(28-4)20(12-16)29-30(25,26)18-9-7-17(22)8-10-18/h6-12,15H,5,13-14H2,1-4H3. The molecule has 1 atom stereocenters. The number of methoxy groups -OCH3 is 2. The molecule has 0 heterocycles. The summed E-state index contributed by atoms with van der Waals surface area (Å²) >= 11 is 0. The molecule has 0 spiro atoms. The molecule has 0 saturated carbocycles. The Hall–Kier alpha value is -2.65. The number of rotatable bonds is 10. The summed E-state index contributed by atoms with van der Waals surface area (Å²) in [6, 6.07) is 9.08. The van der Waals surface area contributed by atoms with E-state index in [4.69, 9.17) is 13.7 Å². The highest BCUT2D eigenvalue weighted by Gasteiger charge is 2.22. The van der Waals surface area contributed by atoms with Crippen molar-refractivity contribution in [3.63, 3.8) is 0 Å². The van der Waals surface area contributed by atoms with Crippen LogP contribution in [-0.4, -0.2) is 46.1 Å². The minimum atomic E-state index is -4.20. The molecule has 0 saturated heterocycles. The topological polar surface area (TPSA) is 82.1 Å². The number of halogens is 1. The lowest BCUT2D eigenvalue weighted by atomic mass is 10.1. The van der Waals surface area contributed by atoms with E-state index in [1.807, 2.05) is 13.8 Å². The first-order chi connectivity index (χ1) is 14.2. The second kappa shape index (κ2) is 10.4. The zero-order chi connectivity index (χ0) is 22.3. The van der Waals surface area contributed by atoms with Gasteiger partial charge in [0.05, 0.1) is 7.11 Å². The van der Waals surface area contributed by atoms with Crippen LogP contribution in [0, 0.1) is 5.82 Å². The Balaban J connectivity index is 2.34. The predicted octanol–water partition coefficient (Wildman–Crippen LogP) is 3.38. The third kappa shape index (κ3) is 5.93. The number of carbonyl (C=O) groups excluding carboxylic acids is 1. The number of ether oxygens (including phenoxy) is 2. The Morgan fingerprint density at radius 3 is 2.33 bits per heavy atom. The lowest BCUT2D eigenvalue weighted by Crippen LogP contribution is -2.39. The van der Waals surface area contributed by atoms with E-state index in [1.54, 1.807) is 17.0 Å². The number of hydrogen-bond donors (Lipinski definition) is 0. The van der Waals surface area contributed by atoms with E-state index >= 15 is 0 Å². The molecule has 9 heteroatoms. The quantitative estimate of drug-likeness (QED) is 0.528. The molecule has 2 rings (SSSR count). The second-order valence-electron chi connectivity index (χ2n) is 6.69. The summed E-state index contributed by atoms with van der Waals surface area (Å²) in [7, 11) is -1.36. The third-order valence-electron chi connectivity index (χ3n) is 4.59. The van der Waals surface area contributed by atoms with Crippen LogP contribution in [0.1, 0.15) is 25.8 Å². The summed E-state index contributed by atoms with van der Waals surface area (Å²) in [6.07, 6.45) is 0.744. The van der Waals surface area contributed by atoms with Gasteiger partial charge < -0.3 is 18.6 Å². The van der Waals surface area contributed by atoms with Crippen LogP contribution >= 0.6 is 0 Å². The molecule has 0 aliphatic heterocycles. The molecule has 1 unspecified atom stereocenters. The predicted molar refractivity (Wildman–Crippen MR) is 109 cm³/mol. The molecule has 0 aliphatic rings. The van der Waals surface area contributed by atoms with Gasteiger partial charge in [-0.3, -0.25) is 4.79 Å². The Bertz CT molecular complexity index is 962. The van der Waals surface area contributed by atoms with Crippen molar-refractivity contribution in [2.75, 3.05) is 20.8 Å². The highest BCUT2D eigenvalue weighted by Crippen LogP contribution is 2.31. The van der Waals surface area contributed by atoms with Gasteiger partial charge in [-0.05, 0) is 55.3 Å². The van der Waals surface area contributed by atoms with Crippen molar-refractivity contribution < 1.29 is 31.3 Å². The van der Waals surface area contributed by atoms with Crippen molar-refractivity contribution in [2.45, 2.75) is 37.8 Å². The zero-order valence-corrected chi connectivity index (χ0v) is 18.2. The average molecular weight is 440 g/mol. The zero-order valence-electron chi connectivity index (χ0n) is 17.4. The van der Waals surface area contributed by atoms with Crippen molar-refractivity contribution in [1.29, 1.82) is 0 Å². The monoisotopic (exact) mass is 439 g/mol. The van der Waals surface area contributed by atoms with Crippen molar-refractivity contribution in [3.05, 3.63) is 53.8 Å². The Morgan fingerprint density at radius 2 is 1.77 bits per heavy atom. The normalized spacial score (nSPS) is 12.3. The fourth-order valence-electron chi connectivity index (χ4n) is 2.77. The largest absolute Gasteiger partial charge is 0.493 e. The molecule has 1 amide bonds. The summed E-state index contributed by atoms with van der Waals surface area (Å²) in [4.78, 5) is 13.9. The van der Waals surface area contributed by atoms with Crippen LogP contribution in [-0.2, 0) is 26.2 Å². The summed E-state index contributed by atoms with van der Waals surface area (Å²) in [5, 5.41) is 0. The van der Waals surface area contributed by atoms with Crippen LogP contribution in [0.25, 0.3) is 0 Å². The van der Waals surface area contributed by atoms with Gasteiger partial charge in [-0.1, -0.05) is 13.0 Å². The van der Waals surface area contributed by atoms with Gasteiger partial charge in [0.15, 0.2) is 11.5 Å². The van der Waals surface area contributed by atoms with Gasteiger partial charge >= 0.3 is 10.1 Å². The maximum Gasteiger partial charge on any atom is 0.339 e. The molecule has 7 nitrogen and oxygen atoms in total. The van der Waals surface area contributed by atoms with Gasteiger partial charge in [0.1, 0.15) is 17.3 Å². The van der Waals surface area contributed by atoms with Gasteiger partial charge in [-0.2, -0.15) is 8.42 Å². The van der Waals surface area contributed by atoms with E-state index in [1.165, 1.54) is 20.3 Å². The van der Waals surface area contributed by atoms with Crippen LogP contribution in [0.3, 0.4) is 0 Å². The fourth-order valence-corrected chi connectivity index (χ4v) is 3.70. The smallest absolute Gasteiger partial charge is 0.339 e. The van der Waals surface area contributed by atoms with Crippen LogP contribution < -0.4 is 8.92 Å². The molecule has 164 valence electrons. The molecule has 0 aromatic heterocycles. The average Bonchev–Trinajstić information content (AvgIpc) is 2.71. The van der Waals surface area contributed by atoms with Gasteiger partial charge in [0, 0.05) is 19.7 Å². The minimum Gasteiger partial charge on any atom is -0.493 e. The van der Waals surface area contributed by atoms with Gasteiger partial charge in [-0.25, -0.2) is 4.39 Å². The maximum atomic E-state index is 13.1. The van der Waals surface area contributed by atoms with E-state index in [9.17, 15) is 17.6 Å². The Labute approximate surface area is 176 Å². The third-order valence-corrected chi connectivity index (χ3v) is 5.84. The first-order valence-corrected chi connectivity index (χ1v) is 10.8. The van der Waals surface area contributed by atoms with Gasteiger partial charge in [0.25, 0.3) is 0 Å². The molecule has 2 aromatic carbocycles. The number of amides is 1. The molecule has 0 fully saturated rings. The van der Waals surface area contributed by atoms with E-state index in [-0.39, 0.29) is 41.5 Å². The fraction of sp³-hybridized carbons (Fsp3) is 0.381. The first-order valence-electron chi connectivity index (χ1n) is 9.37. The summed E-state index contributed by atoms with van der Waals surface area (Å²) < 4.78 is 53.7. The highest BCUT2D eigenvalue weighted by molar-refractivity contribution is 7.87. The van der Waals surface area contributed by atoms with Gasteiger partial charge in [-0.15, -0.1) is 0 Å². The molecule has 0 N–H and O–H groups in total. The molecule has 0 bridgehead atoms. The van der Waals surface area contributed by atoms with E-state index in [2.05, 4.69) is 0 Å². The first kappa shape index (κ1) is 23.6. The van der Waals surface area contributed by atoms with Crippen molar-refractivity contribution in [1.82, 2.24) is 4.90 Å². The van der Waals surface area contributed by atoms with E-state index < -0.39 is 15.9 Å². The number of hydrogen-bond acceptors (Lipinski definition) is 6. The van der Waals surface area contributed by atoms with Crippen LogP contribution in [0.15, 0.2) is 47.4 Å². The molecule has 0 aliphatic carbocycles. The molecular formula is C21H26FNO6S. The van der Waals surface area contributed by atoms with Crippen LogP contribution in [0.4, 0.5) is 4.39 Å². The summed E-state index contributed by atoms with van der Waals surface area (Å²) in [6.45, 7) is 4.08. The van der Waals surface area contributed by atoms with Crippen molar-refractivity contribution in [3.8, 4) is 11.5 Å². The molecule has 30 heavy (non-hydrogen) atoms. The lowest BCUT2D eigenvalue weighted by molar-refractivity contribution is -0.138. The van der Waals surface area contributed by atoms with Crippen molar-refractivity contribution >= 4 is 16.0 Å². The molecule has 2 aromatic rings. The summed E-state index contributed by atoms with van der Waals surface area (Å²) in [5.74, 6) is -0.547. The maximum absolute atomic E-state index is 13.1. The van der Waals surface area contributed by atoms with Crippen LogP contribution in [0.2, 0.25) is 0 Å².